The molecule has 0 saturated carbocycles. The van der Waals surface area contributed by atoms with Gasteiger partial charge in [0, 0.05) is 13.0 Å². The zero-order valence-corrected chi connectivity index (χ0v) is 10.4. The molecule has 1 aromatic carbocycles. The molecule has 88 valence electrons. The number of aliphatic hydroxyl groups is 1. The summed E-state index contributed by atoms with van der Waals surface area (Å²) in [6.45, 7) is 0.168. The second-order valence-electron chi connectivity index (χ2n) is 3.55. The summed E-state index contributed by atoms with van der Waals surface area (Å²) in [5.41, 5.74) is 0.412. The lowest BCUT2D eigenvalue weighted by Crippen LogP contribution is -2.01. The number of benzene rings is 1. The van der Waals surface area contributed by atoms with Gasteiger partial charge in [0.15, 0.2) is 5.78 Å². The van der Waals surface area contributed by atoms with Crippen molar-refractivity contribution in [2.75, 3.05) is 6.61 Å². The highest BCUT2D eigenvalue weighted by Gasteiger charge is 2.13. The van der Waals surface area contributed by atoms with E-state index in [0.29, 0.717) is 22.0 Å². The Bertz CT molecular complexity index is 344. The Balaban J connectivity index is 2.59. The molecule has 0 spiro atoms. The molecule has 16 heavy (non-hydrogen) atoms. The molecule has 0 radical (unpaired) electrons. The largest absolute Gasteiger partial charge is 0.396 e. The van der Waals surface area contributed by atoms with Crippen molar-refractivity contribution in [2.24, 2.45) is 0 Å². The van der Waals surface area contributed by atoms with Gasteiger partial charge in [0.1, 0.15) is 0 Å². The molecule has 0 aliphatic heterocycles. The van der Waals surface area contributed by atoms with E-state index in [1.54, 1.807) is 18.2 Å². The first-order chi connectivity index (χ1) is 7.66. The smallest absolute Gasteiger partial charge is 0.165 e. The second-order valence-corrected chi connectivity index (χ2v) is 4.37. The molecule has 0 atom stereocenters. The number of rotatable bonds is 6. The van der Waals surface area contributed by atoms with Crippen LogP contribution in [-0.4, -0.2) is 17.5 Å². The zero-order valence-electron chi connectivity index (χ0n) is 8.88. The number of unbranched alkanes of at least 4 members (excludes halogenated alkanes) is 2. The fraction of sp³-hybridized carbons (Fsp3) is 0.417. The lowest BCUT2D eigenvalue weighted by Gasteiger charge is -2.05. The third kappa shape index (κ3) is 3.78. The van der Waals surface area contributed by atoms with Crippen molar-refractivity contribution in [3.05, 3.63) is 33.8 Å². The number of carbonyl (C=O) groups excluding carboxylic acids is 1. The van der Waals surface area contributed by atoms with Crippen molar-refractivity contribution in [1.29, 1.82) is 0 Å². The monoisotopic (exact) mass is 260 g/mol. The maximum atomic E-state index is 11.8. The SMILES string of the molecule is O=C(CCCCCO)c1c(Cl)cccc1Cl. The van der Waals surface area contributed by atoms with Crippen molar-refractivity contribution >= 4 is 29.0 Å². The summed E-state index contributed by atoms with van der Waals surface area (Å²) < 4.78 is 0. The van der Waals surface area contributed by atoms with Gasteiger partial charge in [0.25, 0.3) is 0 Å². The predicted molar refractivity (Wildman–Crippen MR) is 66.3 cm³/mol. The molecule has 4 heteroatoms. The van der Waals surface area contributed by atoms with Crippen LogP contribution in [-0.2, 0) is 0 Å². The van der Waals surface area contributed by atoms with Crippen LogP contribution >= 0.6 is 23.2 Å². The van der Waals surface area contributed by atoms with Crippen LogP contribution in [0.4, 0.5) is 0 Å². The summed E-state index contributed by atoms with van der Waals surface area (Å²) in [6, 6.07) is 5.04. The quantitative estimate of drug-likeness (QED) is 0.625. The Labute approximate surface area is 105 Å². The zero-order chi connectivity index (χ0) is 12.0. The molecule has 0 aliphatic rings. The van der Waals surface area contributed by atoms with Gasteiger partial charge in [0.2, 0.25) is 0 Å². The Morgan fingerprint density at radius 2 is 1.75 bits per heavy atom. The first kappa shape index (κ1) is 13.5. The Morgan fingerprint density at radius 1 is 1.12 bits per heavy atom. The van der Waals surface area contributed by atoms with E-state index in [9.17, 15) is 4.79 Å². The van der Waals surface area contributed by atoms with Crippen LogP contribution in [0.25, 0.3) is 0 Å². The van der Waals surface area contributed by atoms with Crippen LogP contribution < -0.4 is 0 Å². The summed E-state index contributed by atoms with van der Waals surface area (Å²) in [5.74, 6) is -0.0338. The third-order valence-electron chi connectivity index (χ3n) is 2.30. The fourth-order valence-electron chi connectivity index (χ4n) is 1.46. The van der Waals surface area contributed by atoms with Crippen LogP contribution in [0.15, 0.2) is 18.2 Å². The van der Waals surface area contributed by atoms with Gasteiger partial charge in [-0.3, -0.25) is 4.79 Å². The molecule has 0 aromatic heterocycles. The van der Waals surface area contributed by atoms with Gasteiger partial charge < -0.3 is 5.11 Å². The van der Waals surface area contributed by atoms with Gasteiger partial charge in [-0.15, -0.1) is 0 Å². The molecule has 0 fully saturated rings. The number of hydrogen-bond acceptors (Lipinski definition) is 2. The minimum absolute atomic E-state index is 0.0338. The topological polar surface area (TPSA) is 37.3 Å². The molecule has 0 unspecified atom stereocenters. The summed E-state index contributed by atoms with van der Waals surface area (Å²) in [4.78, 5) is 11.8. The second kappa shape index (κ2) is 6.89. The minimum atomic E-state index is -0.0338. The van der Waals surface area contributed by atoms with E-state index in [2.05, 4.69) is 0 Å². The Hall–Kier alpha value is -0.570. The van der Waals surface area contributed by atoms with Gasteiger partial charge in [-0.1, -0.05) is 35.7 Å². The number of halogens is 2. The average molecular weight is 261 g/mol. The number of hydrogen-bond donors (Lipinski definition) is 1. The van der Waals surface area contributed by atoms with E-state index in [1.807, 2.05) is 0 Å². The molecule has 1 aromatic rings. The molecule has 0 bridgehead atoms. The maximum absolute atomic E-state index is 11.8. The summed E-state index contributed by atoms with van der Waals surface area (Å²) in [5, 5.41) is 9.41. The molecule has 1 rings (SSSR count). The lowest BCUT2D eigenvalue weighted by molar-refractivity contribution is 0.0978. The van der Waals surface area contributed by atoms with E-state index >= 15 is 0 Å². The molecule has 0 heterocycles. The predicted octanol–water partition coefficient (Wildman–Crippen LogP) is 3.73. The van der Waals surface area contributed by atoms with Crippen LogP contribution in [0.3, 0.4) is 0 Å². The maximum Gasteiger partial charge on any atom is 0.165 e. The number of Topliss-reactive ketones (excluding diaryl/α,β-unsaturated/α-hetero) is 1. The Kier molecular flexibility index (Phi) is 5.81. The van der Waals surface area contributed by atoms with Gasteiger partial charge in [-0.05, 0) is 25.0 Å². The number of aliphatic hydroxyl groups excluding tert-OH is 1. The van der Waals surface area contributed by atoms with Crippen LogP contribution in [0.2, 0.25) is 10.0 Å². The highest BCUT2D eigenvalue weighted by Crippen LogP contribution is 2.26. The first-order valence-electron chi connectivity index (χ1n) is 5.25. The van der Waals surface area contributed by atoms with Crippen LogP contribution in [0.5, 0.6) is 0 Å². The molecule has 0 aliphatic carbocycles. The van der Waals surface area contributed by atoms with E-state index in [1.165, 1.54) is 0 Å². The number of ketones is 1. The standard InChI is InChI=1S/C12H14Cl2O2/c13-9-5-4-6-10(14)12(9)11(16)7-2-1-3-8-15/h4-6,15H,1-3,7-8H2. The van der Waals surface area contributed by atoms with E-state index in [0.717, 1.165) is 19.3 Å². The van der Waals surface area contributed by atoms with Crippen LogP contribution in [0, 0.1) is 0 Å². The normalized spacial score (nSPS) is 10.4. The minimum Gasteiger partial charge on any atom is -0.396 e. The van der Waals surface area contributed by atoms with Gasteiger partial charge in [0.05, 0.1) is 15.6 Å². The van der Waals surface area contributed by atoms with Gasteiger partial charge >= 0.3 is 0 Å². The summed E-state index contributed by atoms with van der Waals surface area (Å²) in [6.07, 6.45) is 2.73. The summed E-state index contributed by atoms with van der Waals surface area (Å²) >= 11 is 11.8. The van der Waals surface area contributed by atoms with E-state index < -0.39 is 0 Å². The molecule has 0 amide bonds. The fourth-order valence-corrected chi connectivity index (χ4v) is 2.07. The van der Waals surface area contributed by atoms with Crippen molar-refractivity contribution in [3.63, 3.8) is 0 Å². The van der Waals surface area contributed by atoms with Crippen molar-refractivity contribution < 1.29 is 9.90 Å². The molecular weight excluding hydrogens is 247 g/mol. The van der Waals surface area contributed by atoms with Crippen LogP contribution in [0.1, 0.15) is 36.0 Å². The van der Waals surface area contributed by atoms with Crippen molar-refractivity contribution in [1.82, 2.24) is 0 Å². The highest BCUT2D eigenvalue weighted by atomic mass is 35.5. The lowest BCUT2D eigenvalue weighted by atomic mass is 10.0. The summed E-state index contributed by atoms with van der Waals surface area (Å²) in [7, 11) is 0. The van der Waals surface area contributed by atoms with E-state index in [-0.39, 0.29) is 12.4 Å². The molecule has 0 saturated heterocycles. The Morgan fingerprint density at radius 3 is 2.31 bits per heavy atom. The highest BCUT2D eigenvalue weighted by molar-refractivity contribution is 6.39. The molecule has 1 N–H and O–H groups in total. The van der Waals surface area contributed by atoms with Crippen molar-refractivity contribution in [3.8, 4) is 0 Å². The molecule has 2 nitrogen and oxygen atoms in total. The first-order valence-corrected chi connectivity index (χ1v) is 6.00. The van der Waals surface area contributed by atoms with Gasteiger partial charge in [-0.25, -0.2) is 0 Å². The average Bonchev–Trinajstić information content (AvgIpc) is 2.24. The number of carbonyl (C=O) groups is 1. The van der Waals surface area contributed by atoms with Gasteiger partial charge in [-0.2, -0.15) is 0 Å². The molecular formula is C12H14Cl2O2. The van der Waals surface area contributed by atoms with Crippen molar-refractivity contribution in [2.45, 2.75) is 25.7 Å². The third-order valence-corrected chi connectivity index (χ3v) is 2.93. The van der Waals surface area contributed by atoms with E-state index in [4.69, 9.17) is 28.3 Å².